The van der Waals surface area contributed by atoms with E-state index in [4.69, 9.17) is 13.9 Å². The van der Waals surface area contributed by atoms with Gasteiger partial charge in [0.15, 0.2) is 16.9 Å². The number of fused-ring (bicyclic) bond motifs is 1. The Balaban J connectivity index is 1.66. The topological polar surface area (TPSA) is 48.7 Å². The van der Waals surface area contributed by atoms with E-state index in [0.29, 0.717) is 35.0 Å². The summed E-state index contributed by atoms with van der Waals surface area (Å²) in [4.78, 5) is 12.2. The highest BCUT2D eigenvalue weighted by Crippen LogP contribution is 2.35. The predicted octanol–water partition coefficient (Wildman–Crippen LogP) is 4.76. The molecule has 0 bridgehead atoms. The van der Waals surface area contributed by atoms with Crippen LogP contribution < -0.4 is 14.9 Å². The van der Waals surface area contributed by atoms with Gasteiger partial charge < -0.3 is 13.9 Å². The average molecular weight is 348 g/mol. The van der Waals surface area contributed by atoms with Gasteiger partial charge in [-0.05, 0) is 49.1 Å². The molecule has 4 rings (SSSR count). The van der Waals surface area contributed by atoms with E-state index in [2.05, 4.69) is 0 Å². The monoisotopic (exact) mass is 348 g/mol. The highest BCUT2D eigenvalue weighted by Gasteiger charge is 2.23. The number of hydrogen-bond acceptors (Lipinski definition) is 4. The summed E-state index contributed by atoms with van der Waals surface area (Å²) in [5.74, 6) is 2.58. The highest BCUT2D eigenvalue weighted by molar-refractivity contribution is 5.79. The molecule has 1 aliphatic carbocycles. The Kier molecular flexibility index (Phi) is 4.48. The third-order valence-corrected chi connectivity index (χ3v) is 4.47. The lowest BCUT2D eigenvalue weighted by molar-refractivity contribution is 0.280. The summed E-state index contributed by atoms with van der Waals surface area (Å²) in [7, 11) is 1.63. The Morgan fingerprint density at radius 3 is 2.77 bits per heavy atom. The predicted molar refractivity (Wildman–Crippen MR) is 103 cm³/mol. The molecule has 132 valence electrons. The van der Waals surface area contributed by atoms with Gasteiger partial charge in [0.2, 0.25) is 0 Å². The van der Waals surface area contributed by atoms with E-state index >= 15 is 0 Å². The Morgan fingerprint density at radius 1 is 1.12 bits per heavy atom. The van der Waals surface area contributed by atoms with Crippen molar-refractivity contribution in [1.29, 1.82) is 0 Å². The molecule has 0 N–H and O–H groups in total. The average Bonchev–Trinajstić information content (AvgIpc) is 3.49. The molecule has 4 nitrogen and oxygen atoms in total. The van der Waals surface area contributed by atoms with Crippen LogP contribution in [0.25, 0.3) is 23.1 Å². The third kappa shape index (κ3) is 3.49. The van der Waals surface area contributed by atoms with Crippen LogP contribution in [-0.4, -0.2) is 13.7 Å². The molecule has 3 aromatic rings. The molecule has 0 unspecified atom stereocenters. The molecule has 0 aliphatic heterocycles. The fourth-order valence-electron chi connectivity index (χ4n) is 2.84. The zero-order valence-corrected chi connectivity index (χ0v) is 14.6. The number of ether oxygens (including phenoxy) is 2. The van der Waals surface area contributed by atoms with Crippen LogP contribution in [-0.2, 0) is 0 Å². The van der Waals surface area contributed by atoms with Crippen molar-refractivity contribution < 1.29 is 13.9 Å². The molecule has 0 saturated heterocycles. The number of benzene rings is 2. The standard InChI is InChI=1S/C22H20O4/c1-24-21-8-4-5-16(22(21)25-14-15-9-10-15)11-12-17-13-19(23)18-6-2-3-7-20(18)26-17/h2-8,11-13,15H,9-10,14H2,1H3/b12-11+. The fourth-order valence-corrected chi connectivity index (χ4v) is 2.84. The fraction of sp³-hybridized carbons (Fsp3) is 0.227. The van der Waals surface area contributed by atoms with Crippen LogP contribution in [0.15, 0.2) is 57.7 Å². The van der Waals surface area contributed by atoms with Crippen LogP contribution >= 0.6 is 0 Å². The lowest BCUT2D eigenvalue weighted by Gasteiger charge is -2.13. The third-order valence-electron chi connectivity index (χ3n) is 4.47. The van der Waals surface area contributed by atoms with Gasteiger partial charge in [-0.25, -0.2) is 0 Å². The Morgan fingerprint density at radius 2 is 1.96 bits per heavy atom. The van der Waals surface area contributed by atoms with Crippen molar-refractivity contribution in [2.75, 3.05) is 13.7 Å². The first-order valence-corrected chi connectivity index (χ1v) is 8.75. The van der Waals surface area contributed by atoms with Gasteiger partial charge in [0.1, 0.15) is 11.3 Å². The SMILES string of the molecule is COc1cccc(/C=C/c2cc(=O)c3ccccc3o2)c1OCC1CC1. The van der Waals surface area contributed by atoms with Gasteiger partial charge in [0.05, 0.1) is 19.1 Å². The van der Waals surface area contributed by atoms with Crippen molar-refractivity contribution >= 4 is 23.1 Å². The zero-order chi connectivity index (χ0) is 17.9. The Labute approximate surface area is 151 Å². The second kappa shape index (κ2) is 7.08. The van der Waals surface area contributed by atoms with Crippen LogP contribution in [0.2, 0.25) is 0 Å². The lowest BCUT2D eigenvalue weighted by atomic mass is 10.1. The van der Waals surface area contributed by atoms with Gasteiger partial charge in [-0.1, -0.05) is 24.3 Å². The van der Waals surface area contributed by atoms with E-state index in [1.807, 2.05) is 36.4 Å². The summed E-state index contributed by atoms with van der Waals surface area (Å²) < 4.78 is 17.2. The van der Waals surface area contributed by atoms with Gasteiger partial charge in [-0.3, -0.25) is 4.79 Å². The van der Waals surface area contributed by atoms with E-state index < -0.39 is 0 Å². The maximum atomic E-state index is 12.2. The van der Waals surface area contributed by atoms with E-state index in [9.17, 15) is 4.79 Å². The maximum absolute atomic E-state index is 12.2. The summed E-state index contributed by atoms with van der Waals surface area (Å²) in [6.07, 6.45) is 6.12. The summed E-state index contributed by atoms with van der Waals surface area (Å²) in [5.41, 5.74) is 1.42. The molecule has 0 radical (unpaired) electrons. The summed E-state index contributed by atoms with van der Waals surface area (Å²) in [6, 6.07) is 14.5. The molecule has 1 aromatic heterocycles. The molecule has 1 heterocycles. The molecule has 1 saturated carbocycles. The van der Waals surface area contributed by atoms with Crippen LogP contribution in [0.3, 0.4) is 0 Å². The van der Waals surface area contributed by atoms with E-state index in [1.54, 1.807) is 25.3 Å². The first kappa shape index (κ1) is 16.5. The van der Waals surface area contributed by atoms with Crippen LogP contribution in [0.4, 0.5) is 0 Å². The van der Waals surface area contributed by atoms with Crippen molar-refractivity contribution in [1.82, 2.24) is 0 Å². The van der Waals surface area contributed by atoms with Gasteiger partial charge in [0.25, 0.3) is 0 Å². The lowest BCUT2D eigenvalue weighted by Crippen LogP contribution is -2.02. The van der Waals surface area contributed by atoms with Gasteiger partial charge in [-0.15, -0.1) is 0 Å². The van der Waals surface area contributed by atoms with Crippen molar-refractivity contribution in [2.45, 2.75) is 12.8 Å². The van der Waals surface area contributed by atoms with Crippen LogP contribution in [0.5, 0.6) is 11.5 Å². The number of hydrogen-bond donors (Lipinski definition) is 0. The summed E-state index contributed by atoms with van der Waals surface area (Å²) in [6.45, 7) is 0.701. The molecule has 1 aliphatic rings. The van der Waals surface area contributed by atoms with Gasteiger partial charge in [-0.2, -0.15) is 0 Å². The molecule has 4 heteroatoms. The molecular weight excluding hydrogens is 328 g/mol. The largest absolute Gasteiger partial charge is 0.493 e. The van der Waals surface area contributed by atoms with Crippen molar-refractivity contribution in [3.05, 3.63) is 70.1 Å². The first-order chi connectivity index (χ1) is 12.7. The van der Waals surface area contributed by atoms with Crippen LogP contribution in [0.1, 0.15) is 24.2 Å². The molecule has 2 aromatic carbocycles. The van der Waals surface area contributed by atoms with E-state index in [1.165, 1.54) is 18.9 Å². The Hall–Kier alpha value is -3.01. The minimum atomic E-state index is -0.0534. The number of rotatable bonds is 6. The minimum absolute atomic E-state index is 0.0534. The molecular formula is C22H20O4. The number of methoxy groups -OCH3 is 1. The van der Waals surface area contributed by atoms with Crippen LogP contribution in [0, 0.1) is 5.92 Å². The molecule has 1 fully saturated rings. The molecule has 26 heavy (non-hydrogen) atoms. The summed E-state index contributed by atoms with van der Waals surface area (Å²) >= 11 is 0. The second-order valence-corrected chi connectivity index (χ2v) is 6.48. The van der Waals surface area contributed by atoms with Gasteiger partial charge in [0, 0.05) is 11.6 Å². The van der Waals surface area contributed by atoms with Crippen molar-refractivity contribution in [3.63, 3.8) is 0 Å². The van der Waals surface area contributed by atoms with Crippen molar-refractivity contribution in [2.24, 2.45) is 5.92 Å². The quantitative estimate of drug-likeness (QED) is 0.644. The molecule has 0 atom stereocenters. The van der Waals surface area contributed by atoms with E-state index in [0.717, 1.165) is 11.3 Å². The molecule has 0 spiro atoms. The molecule has 0 amide bonds. The normalized spacial score (nSPS) is 14.0. The Bertz CT molecular complexity index is 1010. The maximum Gasteiger partial charge on any atom is 0.193 e. The smallest absolute Gasteiger partial charge is 0.193 e. The first-order valence-electron chi connectivity index (χ1n) is 8.75. The summed E-state index contributed by atoms with van der Waals surface area (Å²) in [5, 5.41) is 0.583. The van der Waals surface area contributed by atoms with Crippen molar-refractivity contribution in [3.8, 4) is 11.5 Å². The number of para-hydroxylation sites is 2. The highest BCUT2D eigenvalue weighted by atomic mass is 16.5. The van der Waals surface area contributed by atoms with Gasteiger partial charge >= 0.3 is 0 Å². The minimum Gasteiger partial charge on any atom is -0.493 e. The zero-order valence-electron chi connectivity index (χ0n) is 14.6. The van der Waals surface area contributed by atoms with E-state index in [-0.39, 0.29) is 5.43 Å². The second-order valence-electron chi connectivity index (χ2n) is 6.48.